The van der Waals surface area contributed by atoms with Crippen molar-refractivity contribution in [2.45, 2.75) is 59.0 Å². The van der Waals surface area contributed by atoms with Crippen molar-refractivity contribution in [2.75, 3.05) is 0 Å². The molecule has 2 aliphatic carbocycles. The Kier molecular flexibility index (Phi) is 3.83. The predicted molar refractivity (Wildman–Crippen MR) is 91.0 cm³/mol. The molecule has 2 bridgehead atoms. The molecule has 2 fully saturated rings. The lowest BCUT2D eigenvalue weighted by Gasteiger charge is -2.44. The topological polar surface area (TPSA) is 12.0 Å². The zero-order valence-corrected chi connectivity index (χ0v) is 14.9. The van der Waals surface area contributed by atoms with E-state index in [-0.39, 0.29) is 0 Å². The summed E-state index contributed by atoms with van der Waals surface area (Å²) in [6, 6.07) is 6.82. The van der Waals surface area contributed by atoms with Crippen molar-refractivity contribution in [1.29, 1.82) is 0 Å². The lowest BCUT2D eigenvalue weighted by molar-refractivity contribution is 0.100. The van der Waals surface area contributed by atoms with E-state index in [1.807, 2.05) is 12.1 Å². The number of fused-ring (bicyclic) bond motifs is 2. The second-order valence-corrected chi connectivity index (χ2v) is 8.72. The number of rotatable bonds is 3. The molecule has 1 N–H and O–H groups in total. The van der Waals surface area contributed by atoms with Crippen LogP contribution in [0, 0.1) is 16.7 Å². The molecule has 2 unspecified atom stereocenters. The first-order valence-electron chi connectivity index (χ1n) is 7.95. The van der Waals surface area contributed by atoms with Gasteiger partial charge in [0.05, 0.1) is 10.0 Å². The first kappa shape index (κ1) is 15.6. The lowest BCUT2D eigenvalue weighted by Crippen LogP contribution is -2.50. The second-order valence-electron chi connectivity index (χ2n) is 7.91. The molecule has 4 atom stereocenters. The van der Waals surface area contributed by atoms with E-state index in [9.17, 15) is 0 Å². The summed E-state index contributed by atoms with van der Waals surface area (Å²) in [5.74, 6) is 0.862. The average molecular weight is 326 g/mol. The van der Waals surface area contributed by atoms with Gasteiger partial charge in [-0.15, -0.1) is 0 Å². The Balaban J connectivity index is 1.81. The monoisotopic (exact) mass is 325 g/mol. The van der Waals surface area contributed by atoms with Crippen LogP contribution in [0.15, 0.2) is 18.2 Å². The highest BCUT2D eigenvalue weighted by Crippen LogP contribution is 2.62. The van der Waals surface area contributed by atoms with Crippen LogP contribution in [-0.2, 0) is 0 Å². The van der Waals surface area contributed by atoms with Crippen molar-refractivity contribution in [3.05, 3.63) is 33.8 Å². The minimum atomic E-state index is 0.292. The number of halogens is 2. The largest absolute Gasteiger partial charge is 0.306 e. The summed E-state index contributed by atoms with van der Waals surface area (Å²) < 4.78 is 0. The third-order valence-electron chi connectivity index (χ3n) is 6.13. The predicted octanol–water partition coefficient (Wildman–Crippen LogP) is 5.86. The number of nitrogens with one attached hydrogen (secondary N) is 1. The minimum absolute atomic E-state index is 0.292. The molecule has 1 aromatic rings. The zero-order valence-electron chi connectivity index (χ0n) is 13.3. The zero-order chi connectivity index (χ0) is 15.4. The molecule has 0 radical (unpaired) electrons. The van der Waals surface area contributed by atoms with Crippen LogP contribution in [0.5, 0.6) is 0 Å². The van der Waals surface area contributed by atoms with Gasteiger partial charge in [0.25, 0.3) is 0 Å². The summed E-state index contributed by atoms with van der Waals surface area (Å²) >= 11 is 12.2. The van der Waals surface area contributed by atoms with Crippen LogP contribution in [-0.4, -0.2) is 6.04 Å². The average Bonchev–Trinajstić information content (AvgIpc) is 2.89. The first-order valence-corrected chi connectivity index (χ1v) is 8.70. The molecule has 0 aliphatic heterocycles. The van der Waals surface area contributed by atoms with E-state index in [2.05, 4.69) is 39.1 Å². The fourth-order valence-corrected chi connectivity index (χ4v) is 5.15. The molecule has 0 saturated heterocycles. The summed E-state index contributed by atoms with van der Waals surface area (Å²) in [5.41, 5.74) is 2.03. The SMILES string of the molecule is CC(NC1C(C)(C)[C@H]2CC[C@]1(C)C2)c1ccc(Cl)c(Cl)c1. The van der Waals surface area contributed by atoms with Crippen molar-refractivity contribution in [3.63, 3.8) is 0 Å². The van der Waals surface area contributed by atoms with Gasteiger partial charge >= 0.3 is 0 Å². The second kappa shape index (κ2) is 5.15. The lowest BCUT2D eigenvalue weighted by atomic mass is 9.68. The van der Waals surface area contributed by atoms with Crippen molar-refractivity contribution >= 4 is 23.2 Å². The summed E-state index contributed by atoms with van der Waals surface area (Å²) in [7, 11) is 0. The van der Waals surface area contributed by atoms with Crippen molar-refractivity contribution in [1.82, 2.24) is 5.32 Å². The highest BCUT2D eigenvalue weighted by atomic mass is 35.5. The van der Waals surface area contributed by atoms with Crippen LogP contribution >= 0.6 is 23.2 Å². The highest BCUT2D eigenvalue weighted by Gasteiger charge is 2.59. The highest BCUT2D eigenvalue weighted by molar-refractivity contribution is 6.42. The Hall–Kier alpha value is -0.240. The summed E-state index contributed by atoms with van der Waals surface area (Å²) in [5, 5.41) is 5.17. The fourth-order valence-electron chi connectivity index (χ4n) is 4.85. The Labute approximate surface area is 138 Å². The van der Waals surface area contributed by atoms with E-state index < -0.39 is 0 Å². The quantitative estimate of drug-likeness (QED) is 0.733. The van der Waals surface area contributed by atoms with Crippen molar-refractivity contribution < 1.29 is 0 Å². The maximum Gasteiger partial charge on any atom is 0.0595 e. The number of hydrogen-bond donors (Lipinski definition) is 1. The Bertz CT molecular complexity index is 549. The Morgan fingerprint density at radius 2 is 1.90 bits per heavy atom. The van der Waals surface area contributed by atoms with Crippen LogP contribution in [0.1, 0.15) is 58.6 Å². The van der Waals surface area contributed by atoms with Gasteiger partial charge in [0.15, 0.2) is 0 Å². The molecule has 1 aromatic carbocycles. The van der Waals surface area contributed by atoms with Gasteiger partial charge in [-0.05, 0) is 60.6 Å². The van der Waals surface area contributed by atoms with Gasteiger partial charge in [-0.2, -0.15) is 0 Å². The van der Waals surface area contributed by atoms with Gasteiger partial charge in [0.1, 0.15) is 0 Å². The van der Waals surface area contributed by atoms with Gasteiger partial charge in [0, 0.05) is 12.1 Å². The van der Waals surface area contributed by atoms with E-state index in [1.54, 1.807) is 0 Å². The molecule has 0 spiro atoms. The smallest absolute Gasteiger partial charge is 0.0595 e. The van der Waals surface area contributed by atoms with E-state index in [0.717, 1.165) is 5.92 Å². The van der Waals surface area contributed by atoms with Gasteiger partial charge in [0.2, 0.25) is 0 Å². The molecule has 0 aromatic heterocycles. The van der Waals surface area contributed by atoms with Crippen LogP contribution in [0.25, 0.3) is 0 Å². The Morgan fingerprint density at radius 1 is 1.19 bits per heavy atom. The van der Waals surface area contributed by atoms with E-state index in [0.29, 0.717) is 33.0 Å². The van der Waals surface area contributed by atoms with Crippen LogP contribution in [0.3, 0.4) is 0 Å². The molecule has 3 rings (SSSR count). The van der Waals surface area contributed by atoms with Gasteiger partial charge in [-0.3, -0.25) is 0 Å². The summed E-state index contributed by atoms with van der Waals surface area (Å²) in [4.78, 5) is 0. The van der Waals surface area contributed by atoms with E-state index in [1.165, 1.54) is 24.8 Å². The maximum atomic E-state index is 6.16. The van der Waals surface area contributed by atoms with Crippen molar-refractivity contribution in [3.8, 4) is 0 Å². The third kappa shape index (κ3) is 2.52. The molecular weight excluding hydrogens is 301 g/mol. The van der Waals surface area contributed by atoms with E-state index in [4.69, 9.17) is 23.2 Å². The van der Waals surface area contributed by atoms with Gasteiger partial charge in [-0.25, -0.2) is 0 Å². The molecule has 0 heterocycles. The molecule has 3 heteroatoms. The molecule has 2 saturated carbocycles. The minimum Gasteiger partial charge on any atom is -0.306 e. The van der Waals surface area contributed by atoms with Crippen LogP contribution in [0.2, 0.25) is 10.0 Å². The number of benzene rings is 1. The summed E-state index contributed by atoms with van der Waals surface area (Å²) in [6.07, 6.45) is 4.11. The molecule has 1 nitrogen and oxygen atoms in total. The maximum absolute atomic E-state index is 6.16. The number of hydrogen-bond acceptors (Lipinski definition) is 1. The fraction of sp³-hybridized carbons (Fsp3) is 0.667. The van der Waals surface area contributed by atoms with Gasteiger partial charge < -0.3 is 5.32 Å². The molecule has 0 amide bonds. The molecular formula is C18H25Cl2N. The molecule has 21 heavy (non-hydrogen) atoms. The standard InChI is InChI=1S/C18H25Cl2N/c1-11(12-5-6-14(19)15(20)9-12)21-16-17(2,3)13-7-8-18(16,4)10-13/h5-6,9,11,13,16,21H,7-8,10H2,1-4H3/t11?,13-,16?,18+/m0/s1. The van der Waals surface area contributed by atoms with Gasteiger partial charge in [-0.1, -0.05) is 50.0 Å². The van der Waals surface area contributed by atoms with E-state index >= 15 is 0 Å². The van der Waals surface area contributed by atoms with Crippen LogP contribution < -0.4 is 5.32 Å². The molecule has 116 valence electrons. The molecule has 2 aliphatic rings. The third-order valence-corrected chi connectivity index (χ3v) is 6.87. The normalized spacial score (nSPS) is 35.1. The first-order chi connectivity index (χ1) is 9.74. The van der Waals surface area contributed by atoms with Crippen LogP contribution in [0.4, 0.5) is 0 Å². The summed E-state index contributed by atoms with van der Waals surface area (Å²) in [6.45, 7) is 9.55. The Morgan fingerprint density at radius 3 is 2.48 bits per heavy atom. The van der Waals surface area contributed by atoms with Crippen molar-refractivity contribution in [2.24, 2.45) is 16.7 Å².